The molecule has 1 aliphatic rings. The highest BCUT2D eigenvalue weighted by atomic mass is 19.1. The van der Waals surface area contributed by atoms with Crippen LogP contribution in [0.3, 0.4) is 0 Å². The lowest BCUT2D eigenvalue weighted by Gasteiger charge is -2.34. The number of rotatable bonds is 6. The molecule has 1 atom stereocenters. The van der Waals surface area contributed by atoms with Crippen LogP contribution in [0.2, 0.25) is 0 Å². The van der Waals surface area contributed by atoms with E-state index in [0.717, 1.165) is 18.3 Å². The van der Waals surface area contributed by atoms with E-state index < -0.39 is 5.82 Å². The molecule has 2 aromatic heterocycles. The first-order valence-electron chi connectivity index (χ1n) is 8.41. The Labute approximate surface area is 150 Å². The normalized spacial score (nSPS) is 17.2. The monoisotopic (exact) mass is 363 g/mol. The molecule has 3 rings (SSSR count). The van der Waals surface area contributed by atoms with Crippen molar-refractivity contribution >= 4 is 17.5 Å². The molecule has 10 heteroatoms. The van der Waals surface area contributed by atoms with Gasteiger partial charge >= 0.3 is 0 Å². The van der Waals surface area contributed by atoms with Crippen LogP contribution in [0.25, 0.3) is 0 Å². The molecular formula is C16H22FN7O2. The summed E-state index contributed by atoms with van der Waals surface area (Å²) in [5.74, 6) is 0.0202. The second kappa shape index (κ2) is 8.09. The molecule has 2 N–H and O–H groups in total. The number of ether oxygens (including phenoxy) is 1. The number of aromatic nitrogens is 4. The van der Waals surface area contributed by atoms with Crippen LogP contribution in [0.1, 0.15) is 6.42 Å². The Hall–Kier alpha value is -2.75. The molecule has 0 aliphatic carbocycles. The van der Waals surface area contributed by atoms with E-state index in [-0.39, 0.29) is 17.5 Å². The molecule has 1 fully saturated rings. The van der Waals surface area contributed by atoms with Gasteiger partial charge in [0.1, 0.15) is 0 Å². The summed E-state index contributed by atoms with van der Waals surface area (Å²) in [7, 11) is 3.22. The Morgan fingerprint density at radius 1 is 1.42 bits per heavy atom. The number of aryl methyl sites for hydroxylation is 1. The fourth-order valence-electron chi connectivity index (χ4n) is 2.73. The molecule has 1 saturated heterocycles. The first-order chi connectivity index (χ1) is 12.6. The molecule has 2 aromatic rings. The minimum absolute atomic E-state index is 0.00419. The van der Waals surface area contributed by atoms with Crippen molar-refractivity contribution in [2.24, 2.45) is 7.05 Å². The zero-order valence-corrected chi connectivity index (χ0v) is 14.8. The van der Waals surface area contributed by atoms with E-state index in [1.807, 2.05) is 0 Å². The Bertz CT molecular complexity index is 813. The SMILES string of the molecule is CNc1nc(NCC[C@H]2CN(c3cnn(C)c(=O)c3)CCO2)ncc1F. The van der Waals surface area contributed by atoms with Crippen LogP contribution in [0, 0.1) is 5.82 Å². The number of hydrogen-bond acceptors (Lipinski definition) is 8. The average molecular weight is 363 g/mol. The third-order valence-corrected chi connectivity index (χ3v) is 4.19. The zero-order valence-electron chi connectivity index (χ0n) is 14.8. The maximum absolute atomic E-state index is 13.4. The fraction of sp³-hybridized carbons (Fsp3) is 0.500. The summed E-state index contributed by atoms with van der Waals surface area (Å²) in [6.45, 7) is 2.55. The molecule has 3 heterocycles. The number of halogens is 1. The molecule has 0 aromatic carbocycles. The number of hydrogen-bond donors (Lipinski definition) is 2. The molecule has 0 unspecified atom stereocenters. The van der Waals surface area contributed by atoms with Gasteiger partial charge in [0.25, 0.3) is 5.56 Å². The van der Waals surface area contributed by atoms with Gasteiger partial charge in [-0.2, -0.15) is 10.1 Å². The van der Waals surface area contributed by atoms with E-state index in [4.69, 9.17) is 4.74 Å². The lowest BCUT2D eigenvalue weighted by atomic mass is 10.2. The van der Waals surface area contributed by atoms with Gasteiger partial charge in [0.2, 0.25) is 5.95 Å². The van der Waals surface area contributed by atoms with Gasteiger partial charge in [0.05, 0.1) is 30.8 Å². The second-order valence-corrected chi connectivity index (χ2v) is 5.97. The Morgan fingerprint density at radius 2 is 2.27 bits per heavy atom. The molecule has 26 heavy (non-hydrogen) atoms. The zero-order chi connectivity index (χ0) is 18.5. The maximum atomic E-state index is 13.4. The maximum Gasteiger partial charge on any atom is 0.268 e. The lowest BCUT2D eigenvalue weighted by Crippen LogP contribution is -2.43. The van der Waals surface area contributed by atoms with Crippen LogP contribution in [-0.2, 0) is 11.8 Å². The molecular weight excluding hydrogens is 341 g/mol. The number of morpholine rings is 1. The van der Waals surface area contributed by atoms with Gasteiger partial charge in [0, 0.05) is 39.8 Å². The van der Waals surface area contributed by atoms with Gasteiger partial charge in [-0.15, -0.1) is 0 Å². The van der Waals surface area contributed by atoms with Crippen LogP contribution in [0.5, 0.6) is 0 Å². The smallest absolute Gasteiger partial charge is 0.268 e. The van der Waals surface area contributed by atoms with Gasteiger partial charge in [-0.05, 0) is 6.42 Å². The summed E-state index contributed by atoms with van der Waals surface area (Å²) in [4.78, 5) is 21.8. The second-order valence-electron chi connectivity index (χ2n) is 5.97. The topological polar surface area (TPSA) is 97.2 Å². The Kier molecular flexibility index (Phi) is 5.61. The predicted molar refractivity (Wildman–Crippen MR) is 96.1 cm³/mol. The molecule has 9 nitrogen and oxygen atoms in total. The van der Waals surface area contributed by atoms with Crippen molar-refractivity contribution in [1.29, 1.82) is 0 Å². The van der Waals surface area contributed by atoms with Crippen molar-refractivity contribution < 1.29 is 9.13 Å². The summed E-state index contributed by atoms with van der Waals surface area (Å²) in [5.41, 5.74) is 0.663. The fourth-order valence-corrected chi connectivity index (χ4v) is 2.73. The van der Waals surface area contributed by atoms with Crippen molar-refractivity contribution in [1.82, 2.24) is 19.7 Å². The van der Waals surface area contributed by atoms with Crippen molar-refractivity contribution in [2.45, 2.75) is 12.5 Å². The summed E-state index contributed by atoms with van der Waals surface area (Å²) in [6.07, 6.45) is 3.55. The van der Waals surface area contributed by atoms with E-state index in [0.29, 0.717) is 32.2 Å². The van der Waals surface area contributed by atoms with Gasteiger partial charge in [-0.3, -0.25) is 4.79 Å². The number of nitrogens with zero attached hydrogens (tertiary/aromatic N) is 5. The molecule has 0 amide bonds. The molecule has 0 saturated carbocycles. The van der Waals surface area contributed by atoms with Crippen molar-refractivity contribution in [3.05, 3.63) is 34.6 Å². The third-order valence-electron chi connectivity index (χ3n) is 4.19. The largest absolute Gasteiger partial charge is 0.374 e. The minimum atomic E-state index is -0.494. The van der Waals surface area contributed by atoms with E-state index in [9.17, 15) is 9.18 Å². The first-order valence-corrected chi connectivity index (χ1v) is 8.41. The highest BCUT2D eigenvalue weighted by Gasteiger charge is 2.21. The first kappa shape index (κ1) is 18.1. The summed E-state index contributed by atoms with van der Waals surface area (Å²) in [6, 6.07) is 1.58. The quantitative estimate of drug-likeness (QED) is 0.764. The molecule has 0 spiro atoms. The van der Waals surface area contributed by atoms with Gasteiger partial charge < -0.3 is 20.3 Å². The van der Waals surface area contributed by atoms with Crippen molar-refractivity contribution in [2.75, 3.05) is 48.8 Å². The van der Waals surface area contributed by atoms with Crippen molar-refractivity contribution in [3.63, 3.8) is 0 Å². The highest BCUT2D eigenvalue weighted by molar-refractivity contribution is 5.43. The van der Waals surface area contributed by atoms with Crippen LogP contribution >= 0.6 is 0 Å². The third kappa shape index (κ3) is 4.26. The lowest BCUT2D eigenvalue weighted by molar-refractivity contribution is 0.0374. The number of anilines is 3. The van der Waals surface area contributed by atoms with E-state index >= 15 is 0 Å². The number of nitrogens with one attached hydrogen (secondary N) is 2. The van der Waals surface area contributed by atoms with Crippen molar-refractivity contribution in [3.8, 4) is 0 Å². The van der Waals surface area contributed by atoms with Crippen LogP contribution in [0.4, 0.5) is 21.8 Å². The van der Waals surface area contributed by atoms with E-state index in [2.05, 4.69) is 30.6 Å². The van der Waals surface area contributed by atoms with Gasteiger partial charge in [-0.1, -0.05) is 0 Å². The van der Waals surface area contributed by atoms with Crippen LogP contribution < -0.4 is 21.1 Å². The van der Waals surface area contributed by atoms with Gasteiger partial charge in [0.15, 0.2) is 11.6 Å². The van der Waals surface area contributed by atoms with E-state index in [1.165, 1.54) is 4.68 Å². The average Bonchev–Trinajstić information content (AvgIpc) is 2.65. The van der Waals surface area contributed by atoms with Crippen LogP contribution in [-0.4, -0.2) is 59.1 Å². The standard InChI is InChI=1S/C16H22FN7O2/c1-18-15-13(17)9-20-16(22-15)19-4-3-12-10-24(5-6-26-12)11-7-14(25)23(2)21-8-11/h7-9,12H,3-6,10H2,1-2H3,(H2,18,19,20,22)/t12-/m0/s1. The molecule has 1 aliphatic heterocycles. The predicted octanol–water partition coefficient (Wildman–Crippen LogP) is 0.458. The minimum Gasteiger partial charge on any atom is -0.374 e. The highest BCUT2D eigenvalue weighted by Crippen LogP contribution is 2.17. The summed E-state index contributed by atoms with van der Waals surface area (Å²) in [5, 5.41) is 9.81. The molecule has 140 valence electrons. The molecule has 0 bridgehead atoms. The summed E-state index contributed by atoms with van der Waals surface area (Å²) < 4.78 is 20.5. The van der Waals surface area contributed by atoms with Crippen LogP contribution in [0.15, 0.2) is 23.3 Å². The van der Waals surface area contributed by atoms with E-state index in [1.54, 1.807) is 26.4 Å². The Balaban J connectivity index is 1.54. The Morgan fingerprint density at radius 3 is 3.04 bits per heavy atom. The van der Waals surface area contributed by atoms with Gasteiger partial charge in [-0.25, -0.2) is 14.1 Å². The summed E-state index contributed by atoms with van der Waals surface area (Å²) >= 11 is 0. The molecule has 0 radical (unpaired) electrons.